The molecule has 2 amide bonds. The lowest BCUT2D eigenvalue weighted by molar-refractivity contribution is 0.0820. The van der Waals surface area contributed by atoms with Gasteiger partial charge in [0, 0.05) is 63.1 Å². The summed E-state index contributed by atoms with van der Waals surface area (Å²) < 4.78 is 0. The Hall–Kier alpha value is -5.78. The molecule has 0 bridgehead atoms. The van der Waals surface area contributed by atoms with E-state index in [-0.39, 0.29) is 11.8 Å². The first-order valence-electron chi connectivity index (χ1n) is 15.9. The minimum Gasteiger partial charge on any atom is -0.384 e. The Labute approximate surface area is 281 Å². The highest BCUT2D eigenvalue weighted by Crippen LogP contribution is 2.27. The van der Waals surface area contributed by atoms with Gasteiger partial charge in [0.15, 0.2) is 5.69 Å². The van der Waals surface area contributed by atoms with Crippen molar-refractivity contribution < 1.29 is 9.59 Å². The van der Waals surface area contributed by atoms with Crippen LogP contribution in [0, 0.1) is 6.57 Å². The van der Waals surface area contributed by atoms with Gasteiger partial charge in [-0.25, -0.2) is 4.85 Å². The molecule has 0 aliphatic carbocycles. The van der Waals surface area contributed by atoms with Crippen LogP contribution in [0.25, 0.3) is 37.3 Å². The highest BCUT2D eigenvalue weighted by molar-refractivity contribution is 5.99. The number of fused-ring (bicyclic) bond motifs is 3. The van der Waals surface area contributed by atoms with E-state index in [2.05, 4.69) is 45.5 Å². The second kappa shape index (κ2) is 15.2. The van der Waals surface area contributed by atoms with Crippen molar-refractivity contribution in [1.82, 2.24) is 14.8 Å². The van der Waals surface area contributed by atoms with Crippen molar-refractivity contribution in [2.75, 3.05) is 46.6 Å². The fourth-order valence-electron chi connectivity index (χ4n) is 5.55. The van der Waals surface area contributed by atoms with Crippen LogP contribution in [0.4, 0.5) is 11.4 Å². The number of aromatic nitrogens is 1. The molecule has 1 aromatic heterocycles. The zero-order chi connectivity index (χ0) is 34.2. The number of hydrogen-bond acceptors (Lipinski definition) is 5. The van der Waals surface area contributed by atoms with Crippen LogP contribution < -0.4 is 11.1 Å². The number of anilines is 1. The van der Waals surface area contributed by atoms with Gasteiger partial charge < -0.3 is 20.9 Å². The first-order chi connectivity index (χ1) is 23.2. The smallest absolute Gasteiger partial charge is 0.253 e. The third-order valence-electron chi connectivity index (χ3n) is 8.13. The van der Waals surface area contributed by atoms with Gasteiger partial charge in [0.05, 0.1) is 12.1 Å². The van der Waals surface area contributed by atoms with Crippen molar-refractivity contribution in [3.8, 4) is 0 Å². The van der Waals surface area contributed by atoms with E-state index < -0.39 is 0 Å². The van der Waals surface area contributed by atoms with E-state index in [0.717, 1.165) is 63.1 Å². The quantitative estimate of drug-likeness (QED) is 0.171. The first kappa shape index (κ1) is 33.6. The summed E-state index contributed by atoms with van der Waals surface area (Å²) in [7, 11) is 7.04. The lowest BCUT2D eigenvalue weighted by Crippen LogP contribution is -2.21. The minimum absolute atomic E-state index is 0.0103. The van der Waals surface area contributed by atoms with Crippen LogP contribution >= 0.6 is 0 Å². The molecule has 0 saturated carbocycles. The predicted octanol–water partition coefficient (Wildman–Crippen LogP) is 7.34. The lowest BCUT2D eigenvalue weighted by Gasteiger charge is -2.12. The van der Waals surface area contributed by atoms with Crippen molar-refractivity contribution >= 4 is 55.6 Å². The molecule has 6 rings (SSSR count). The number of rotatable bonds is 8. The Bertz CT molecular complexity index is 2150. The van der Waals surface area contributed by atoms with Crippen molar-refractivity contribution in [3.63, 3.8) is 0 Å². The Balaban J connectivity index is 0.000000214. The molecule has 8 nitrogen and oxygen atoms in total. The van der Waals surface area contributed by atoms with Crippen LogP contribution in [0.15, 0.2) is 103 Å². The normalized spacial score (nSPS) is 10.7. The van der Waals surface area contributed by atoms with Crippen LogP contribution in [0.1, 0.15) is 31.8 Å². The molecule has 6 aromatic rings. The number of carbonyl (C=O) groups is 2. The molecule has 3 N–H and O–H groups in total. The number of pyridine rings is 1. The van der Waals surface area contributed by atoms with Crippen LogP contribution in [0.5, 0.6) is 0 Å². The van der Waals surface area contributed by atoms with Crippen LogP contribution in [0.3, 0.4) is 0 Å². The summed E-state index contributed by atoms with van der Waals surface area (Å²) in [5.41, 5.74) is 11.9. The summed E-state index contributed by atoms with van der Waals surface area (Å²) in [6.45, 7) is 8.65. The van der Waals surface area contributed by atoms with E-state index in [4.69, 9.17) is 12.3 Å². The van der Waals surface area contributed by atoms with E-state index in [9.17, 15) is 9.59 Å². The molecule has 48 heavy (non-hydrogen) atoms. The predicted molar refractivity (Wildman–Crippen MR) is 197 cm³/mol. The lowest BCUT2D eigenvalue weighted by atomic mass is 10.0. The highest BCUT2D eigenvalue weighted by Gasteiger charge is 2.10. The second-order valence-electron chi connectivity index (χ2n) is 12.1. The molecular weight excluding hydrogens is 596 g/mol. The van der Waals surface area contributed by atoms with Gasteiger partial charge in [-0.3, -0.25) is 14.6 Å². The maximum Gasteiger partial charge on any atom is 0.253 e. The maximum atomic E-state index is 12.2. The van der Waals surface area contributed by atoms with Crippen molar-refractivity contribution in [3.05, 3.63) is 137 Å². The third kappa shape index (κ3) is 7.95. The van der Waals surface area contributed by atoms with Crippen molar-refractivity contribution in [1.29, 1.82) is 0 Å². The Morgan fingerprint density at radius 1 is 0.708 bits per heavy atom. The van der Waals surface area contributed by atoms with Gasteiger partial charge in [0.25, 0.3) is 11.8 Å². The summed E-state index contributed by atoms with van der Waals surface area (Å²) in [6, 6.07) is 31.7. The van der Waals surface area contributed by atoms with Gasteiger partial charge >= 0.3 is 0 Å². The number of carbonyl (C=O) groups excluding carboxylic acids is 2. The van der Waals surface area contributed by atoms with Gasteiger partial charge in [-0.2, -0.15) is 0 Å². The van der Waals surface area contributed by atoms with Gasteiger partial charge in [0.2, 0.25) is 0 Å². The van der Waals surface area contributed by atoms with E-state index >= 15 is 0 Å². The zero-order valence-electron chi connectivity index (χ0n) is 27.8. The van der Waals surface area contributed by atoms with Gasteiger partial charge in [-0.15, -0.1) is 0 Å². The third-order valence-corrected chi connectivity index (χ3v) is 8.13. The average molecular weight is 637 g/mol. The molecule has 0 saturated heterocycles. The summed E-state index contributed by atoms with van der Waals surface area (Å²) in [5.74, 6) is 0.0408. The number of nitrogens with one attached hydrogen (secondary N) is 1. The maximum absolute atomic E-state index is 12.2. The van der Waals surface area contributed by atoms with E-state index in [0.29, 0.717) is 17.8 Å². The molecule has 0 unspecified atom stereocenters. The van der Waals surface area contributed by atoms with E-state index in [1.807, 2.05) is 60.7 Å². The minimum atomic E-state index is 0.0103. The van der Waals surface area contributed by atoms with Crippen molar-refractivity contribution in [2.24, 2.45) is 5.73 Å². The second-order valence-corrected chi connectivity index (χ2v) is 12.1. The zero-order valence-corrected chi connectivity index (χ0v) is 27.8. The van der Waals surface area contributed by atoms with Crippen LogP contribution in [-0.2, 0) is 12.8 Å². The van der Waals surface area contributed by atoms with Crippen LogP contribution in [-0.4, -0.2) is 67.9 Å². The monoisotopic (exact) mass is 636 g/mol. The molecule has 0 spiro atoms. The largest absolute Gasteiger partial charge is 0.384 e. The SMILES string of the molecule is CN(C)C(=O)c1ccc2cc(CCN)ccc2c1.[C-]#[N+]c1ccc2nccc(NCCc3ccc4cc(C(=O)N(C)C)ccc4c3)c2c1. The number of nitrogens with zero attached hydrogens (tertiary/aromatic N) is 4. The Morgan fingerprint density at radius 3 is 1.79 bits per heavy atom. The fraction of sp³-hybridized carbons (Fsp3) is 0.200. The van der Waals surface area contributed by atoms with Gasteiger partial charge in [-0.1, -0.05) is 54.6 Å². The van der Waals surface area contributed by atoms with Crippen molar-refractivity contribution in [2.45, 2.75) is 12.8 Å². The molecule has 0 aliphatic heterocycles. The molecule has 0 radical (unpaired) electrons. The molecule has 1 heterocycles. The Kier molecular flexibility index (Phi) is 10.6. The molecule has 0 atom stereocenters. The molecule has 8 heteroatoms. The molecule has 5 aromatic carbocycles. The number of nitrogens with two attached hydrogens (primary N) is 1. The average Bonchev–Trinajstić information content (AvgIpc) is 3.10. The summed E-state index contributed by atoms with van der Waals surface area (Å²) >= 11 is 0. The fourth-order valence-corrected chi connectivity index (χ4v) is 5.55. The number of amides is 2. The highest BCUT2D eigenvalue weighted by atomic mass is 16.2. The van der Waals surface area contributed by atoms with E-state index in [1.54, 1.807) is 50.3 Å². The Morgan fingerprint density at radius 2 is 1.25 bits per heavy atom. The summed E-state index contributed by atoms with van der Waals surface area (Å²) in [5, 5.41) is 8.86. The topological polar surface area (TPSA) is 95.9 Å². The van der Waals surface area contributed by atoms with Gasteiger partial charge in [0.1, 0.15) is 0 Å². The van der Waals surface area contributed by atoms with Crippen LogP contribution in [0.2, 0.25) is 0 Å². The summed E-state index contributed by atoms with van der Waals surface area (Å²) in [6.07, 6.45) is 3.53. The number of benzene rings is 5. The molecule has 0 fully saturated rings. The standard InChI is InChI=1S/C25H22N4O.C15H18N2O/c1-26-21-8-9-23-22(16-21)24(11-13-28-23)27-12-10-17-4-5-19-15-20(25(30)29(2)3)7-6-18(19)14-17;1-17(2)15(18)14-6-5-12-9-11(7-8-16)3-4-13(12)10-14/h4-9,11,13-16H,10,12H2,2-3H3,(H,27,28);3-6,9-10H,7-8,16H2,1-2H3. The molecule has 242 valence electrons. The van der Waals surface area contributed by atoms with Gasteiger partial charge in [-0.05, 0) is 94.5 Å². The first-order valence-corrected chi connectivity index (χ1v) is 15.9. The van der Waals surface area contributed by atoms with E-state index in [1.165, 1.54) is 11.1 Å². The molecular formula is C40H40N6O2. The number of hydrogen-bond donors (Lipinski definition) is 2. The summed E-state index contributed by atoms with van der Waals surface area (Å²) in [4.78, 5) is 35.1. The molecule has 0 aliphatic rings.